The Labute approximate surface area is 233 Å². The number of carbonyl (C=O) groups excluding carboxylic acids is 2. The second kappa shape index (κ2) is 12.6. The number of hydrogen-bond donors (Lipinski definition) is 2. The van der Waals surface area contributed by atoms with Gasteiger partial charge in [0.25, 0.3) is 5.91 Å². The van der Waals surface area contributed by atoms with Crippen LogP contribution in [0.15, 0.2) is 60.7 Å². The third kappa shape index (κ3) is 8.05. The molecule has 3 aromatic carbocycles. The number of benzene rings is 3. The number of hydrogen-bond acceptors (Lipinski definition) is 5. The van der Waals surface area contributed by atoms with Crippen LogP contribution in [0.3, 0.4) is 0 Å². The summed E-state index contributed by atoms with van der Waals surface area (Å²) in [5, 5.41) is 11.9. The van der Waals surface area contributed by atoms with E-state index in [1.807, 2.05) is 0 Å². The molecule has 3 aromatic rings. The first kappa shape index (κ1) is 30.1. The zero-order valence-electron chi connectivity index (χ0n) is 23.6. The topological polar surface area (TPSA) is 105 Å². The molecule has 9 heteroatoms. The van der Waals surface area contributed by atoms with Crippen LogP contribution in [-0.4, -0.2) is 47.7 Å². The zero-order chi connectivity index (χ0) is 29.6. The molecular weight excluding hydrogens is 515 g/mol. The molecule has 0 aliphatic rings. The van der Waals surface area contributed by atoms with Gasteiger partial charge in [-0.05, 0) is 63.1 Å². The van der Waals surface area contributed by atoms with Crippen LogP contribution >= 0.6 is 0 Å². The fraction of sp³-hybridized carbons (Fsp3) is 0.323. The van der Waals surface area contributed by atoms with Gasteiger partial charge in [-0.3, -0.25) is 9.59 Å². The Bertz CT molecular complexity index is 1400. The highest BCUT2D eigenvalue weighted by Crippen LogP contribution is 2.31. The van der Waals surface area contributed by atoms with Crippen LogP contribution in [0.25, 0.3) is 11.1 Å². The average molecular weight is 551 g/mol. The van der Waals surface area contributed by atoms with E-state index in [4.69, 9.17) is 9.47 Å². The van der Waals surface area contributed by atoms with Crippen molar-refractivity contribution in [3.05, 3.63) is 88.7 Å². The molecule has 40 heavy (non-hydrogen) atoms. The molecule has 2 N–H and O–H groups in total. The molecule has 0 aliphatic heterocycles. The Morgan fingerprint density at radius 2 is 1.73 bits per heavy atom. The molecule has 8 nitrogen and oxygen atoms in total. The predicted molar refractivity (Wildman–Crippen MR) is 150 cm³/mol. The van der Waals surface area contributed by atoms with Crippen molar-refractivity contribution in [2.45, 2.75) is 52.4 Å². The molecule has 0 spiro atoms. The number of carbonyl (C=O) groups is 3. The molecule has 0 heterocycles. The Morgan fingerprint density at radius 1 is 1.02 bits per heavy atom. The first-order valence-corrected chi connectivity index (χ1v) is 12.8. The molecule has 0 aromatic heterocycles. The predicted octanol–water partition coefficient (Wildman–Crippen LogP) is 5.99. The minimum Gasteiger partial charge on any atom is -0.489 e. The fourth-order valence-corrected chi connectivity index (χ4v) is 4.10. The Kier molecular flexibility index (Phi) is 9.52. The van der Waals surface area contributed by atoms with Crippen LogP contribution in [0.2, 0.25) is 0 Å². The minimum atomic E-state index is -0.984. The summed E-state index contributed by atoms with van der Waals surface area (Å²) in [5.74, 6) is -1.39. The van der Waals surface area contributed by atoms with Crippen molar-refractivity contribution >= 4 is 18.0 Å². The van der Waals surface area contributed by atoms with Crippen LogP contribution in [-0.2, 0) is 22.6 Å². The van der Waals surface area contributed by atoms with Gasteiger partial charge in [0.15, 0.2) is 0 Å². The van der Waals surface area contributed by atoms with Gasteiger partial charge in [-0.1, -0.05) is 36.4 Å². The number of nitrogens with zero attached hydrogens (tertiary/aromatic N) is 1. The molecule has 3 rings (SSSR count). The van der Waals surface area contributed by atoms with Gasteiger partial charge in [-0.25, -0.2) is 9.18 Å². The van der Waals surface area contributed by atoms with Crippen LogP contribution in [0, 0.1) is 5.82 Å². The number of carboxylic acid groups (broad SMARTS) is 1. The number of alkyl carbamates (subject to hydrolysis) is 1. The maximum atomic E-state index is 15.9. The lowest BCUT2D eigenvalue weighted by Crippen LogP contribution is -2.34. The van der Waals surface area contributed by atoms with E-state index < -0.39 is 29.5 Å². The third-order valence-corrected chi connectivity index (χ3v) is 5.89. The third-order valence-electron chi connectivity index (χ3n) is 5.89. The van der Waals surface area contributed by atoms with Crippen molar-refractivity contribution < 1.29 is 33.4 Å². The van der Waals surface area contributed by atoms with E-state index in [-0.39, 0.29) is 30.1 Å². The maximum Gasteiger partial charge on any atom is 0.408 e. The Hall–Kier alpha value is -4.40. The number of carboxylic acids is 1. The summed E-state index contributed by atoms with van der Waals surface area (Å²) in [7, 11) is 3.25. The monoisotopic (exact) mass is 550 g/mol. The molecule has 0 aliphatic carbocycles. The molecular formula is C31H35FN2O6. The molecule has 2 amide bonds. The van der Waals surface area contributed by atoms with Crippen LogP contribution in [0.4, 0.5) is 9.18 Å². The number of rotatable bonds is 9. The average Bonchev–Trinajstić information content (AvgIpc) is 2.86. The normalized spacial score (nSPS) is 11.9. The first-order valence-electron chi connectivity index (χ1n) is 12.8. The van der Waals surface area contributed by atoms with Crippen molar-refractivity contribution in [2.75, 3.05) is 14.1 Å². The highest BCUT2D eigenvalue weighted by molar-refractivity contribution is 5.95. The van der Waals surface area contributed by atoms with E-state index in [9.17, 15) is 19.5 Å². The fourth-order valence-electron chi connectivity index (χ4n) is 4.10. The smallest absolute Gasteiger partial charge is 0.408 e. The van der Waals surface area contributed by atoms with E-state index in [0.29, 0.717) is 28.0 Å². The molecule has 0 fully saturated rings. The van der Waals surface area contributed by atoms with Crippen LogP contribution < -0.4 is 10.1 Å². The van der Waals surface area contributed by atoms with Crippen molar-refractivity contribution in [1.82, 2.24) is 10.2 Å². The highest BCUT2D eigenvalue weighted by atomic mass is 19.1. The summed E-state index contributed by atoms with van der Waals surface area (Å²) in [6.07, 6.45) is -0.861. The van der Waals surface area contributed by atoms with Crippen molar-refractivity contribution in [2.24, 2.45) is 0 Å². The summed E-state index contributed by atoms with van der Waals surface area (Å²) in [6.45, 7) is 6.91. The molecule has 1 atom stereocenters. The Morgan fingerprint density at radius 3 is 2.38 bits per heavy atom. The van der Waals surface area contributed by atoms with E-state index in [0.717, 1.165) is 0 Å². The van der Waals surface area contributed by atoms with Gasteiger partial charge in [0, 0.05) is 36.3 Å². The van der Waals surface area contributed by atoms with Gasteiger partial charge >= 0.3 is 12.1 Å². The molecule has 0 radical (unpaired) electrons. The van der Waals surface area contributed by atoms with Crippen molar-refractivity contribution in [1.29, 1.82) is 0 Å². The van der Waals surface area contributed by atoms with Gasteiger partial charge < -0.3 is 24.8 Å². The maximum absolute atomic E-state index is 15.9. The minimum absolute atomic E-state index is 0.0239. The second-order valence-electron chi connectivity index (χ2n) is 10.7. The van der Waals surface area contributed by atoms with Crippen molar-refractivity contribution in [3.8, 4) is 16.9 Å². The Balaban J connectivity index is 1.97. The van der Waals surface area contributed by atoms with E-state index >= 15 is 4.39 Å². The lowest BCUT2D eigenvalue weighted by atomic mass is 9.95. The summed E-state index contributed by atoms with van der Waals surface area (Å²) < 4.78 is 27.1. The molecule has 1 unspecified atom stereocenters. The lowest BCUT2D eigenvalue weighted by molar-refractivity contribution is -0.136. The van der Waals surface area contributed by atoms with Gasteiger partial charge in [-0.2, -0.15) is 0 Å². The summed E-state index contributed by atoms with van der Waals surface area (Å²) in [6, 6.07) is 16.0. The van der Waals surface area contributed by atoms with Gasteiger partial charge in [0.2, 0.25) is 0 Å². The zero-order valence-corrected chi connectivity index (χ0v) is 23.6. The van der Waals surface area contributed by atoms with Crippen molar-refractivity contribution in [3.63, 3.8) is 0 Å². The quantitative estimate of drug-likeness (QED) is 0.339. The second-order valence-corrected chi connectivity index (χ2v) is 10.7. The lowest BCUT2D eigenvalue weighted by Gasteiger charge is -2.22. The van der Waals surface area contributed by atoms with Crippen LogP contribution in [0.5, 0.6) is 5.75 Å². The summed E-state index contributed by atoms with van der Waals surface area (Å²) >= 11 is 0. The van der Waals surface area contributed by atoms with Gasteiger partial charge in [0.05, 0.1) is 12.5 Å². The van der Waals surface area contributed by atoms with Crippen LogP contribution in [0.1, 0.15) is 60.8 Å². The number of nitrogens with one attached hydrogen (secondary N) is 1. The van der Waals surface area contributed by atoms with E-state index in [2.05, 4.69) is 5.32 Å². The molecule has 0 saturated carbocycles. The number of para-hydroxylation sites is 1. The van der Waals surface area contributed by atoms with E-state index in [1.54, 1.807) is 102 Å². The summed E-state index contributed by atoms with van der Waals surface area (Å²) in [5.41, 5.74) is 1.71. The number of halogens is 1. The summed E-state index contributed by atoms with van der Waals surface area (Å²) in [4.78, 5) is 37.8. The molecule has 212 valence electrons. The largest absolute Gasteiger partial charge is 0.489 e. The van der Waals surface area contributed by atoms with E-state index in [1.165, 1.54) is 4.90 Å². The van der Waals surface area contributed by atoms with Gasteiger partial charge in [0.1, 0.15) is 23.8 Å². The molecule has 0 bridgehead atoms. The number of aliphatic carboxylic acids is 1. The first-order chi connectivity index (χ1) is 18.7. The van der Waals surface area contributed by atoms with Gasteiger partial charge in [-0.15, -0.1) is 0 Å². The molecule has 0 saturated heterocycles. The number of amides is 2. The SMILES string of the molecule is CC(NC(=O)OC(C)(C)C)c1cccc(-c2cc(COc3ccccc3CC(=O)O)cc(C(=O)N(C)C)c2)c1F. The standard InChI is InChI=1S/C31H35FN2O6/c1-19(33-30(38)40-31(2,3)4)24-11-9-12-25(28(24)32)22-14-20(15-23(16-22)29(37)34(5)6)18-39-26-13-8-7-10-21(26)17-27(35)36/h7-16,19H,17-18H2,1-6H3,(H,33,38)(H,35,36). The highest BCUT2D eigenvalue weighted by Gasteiger charge is 2.22. The number of ether oxygens (including phenoxy) is 2.